The summed E-state index contributed by atoms with van der Waals surface area (Å²) in [5, 5.41) is 11.8. The van der Waals surface area contributed by atoms with Crippen LogP contribution in [0.1, 0.15) is 26.4 Å². The molecule has 0 aliphatic carbocycles. The van der Waals surface area contributed by atoms with E-state index in [4.69, 9.17) is 16.7 Å². The Labute approximate surface area is 113 Å². The van der Waals surface area contributed by atoms with Crippen molar-refractivity contribution in [2.75, 3.05) is 5.32 Å². The molecule has 19 heavy (non-hydrogen) atoms. The summed E-state index contributed by atoms with van der Waals surface area (Å²) in [5.74, 6) is -1.56. The molecular weight excluding hydrogens is 270 g/mol. The van der Waals surface area contributed by atoms with E-state index in [-0.39, 0.29) is 16.4 Å². The number of nitrogens with one attached hydrogen (secondary N) is 2. The average Bonchev–Trinajstić information content (AvgIpc) is 2.71. The second-order valence-corrected chi connectivity index (χ2v) is 4.22. The van der Waals surface area contributed by atoms with Crippen LogP contribution in [0.5, 0.6) is 0 Å². The van der Waals surface area contributed by atoms with Crippen molar-refractivity contribution in [3.05, 3.63) is 46.5 Å². The molecule has 2 rings (SSSR count). The lowest BCUT2D eigenvalue weighted by Crippen LogP contribution is -2.14. The molecule has 1 amide bonds. The second kappa shape index (κ2) is 5.11. The van der Waals surface area contributed by atoms with E-state index in [0.29, 0.717) is 11.3 Å². The maximum atomic E-state index is 11.9. The molecule has 0 unspecified atom stereocenters. The van der Waals surface area contributed by atoms with E-state index in [9.17, 15) is 9.59 Å². The summed E-state index contributed by atoms with van der Waals surface area (Å²) in [6, 6.07) is 2.99. The second-order valence-electron chi connectivity index (χ2n) is 3.83. The number of aromatic nitrogens is 2. The fourth-order valence-corrected chi connectivity index (χ4v) is 1.72. The van der Waals surface area contributed by atoms with Gasteiger partial charge >= 0.3 is 5.97 Å². The lowest BCUT2D eigenvalue weighted by Gasteiger charge is -2.04. The number of H-pyrrole nitrogens is 1. The van der Waals surface area contributed by atoms with E-state index in [0.717, 1.165) is 0 Å². The van der Waals surface area contributed by atoms with Gasteiger partial charge in [0.2, 0.25) is 0 Å². The zero-order chi connectivity index (χ0) is 14.0. The quantitative estimate of drug-likeness (QED) is 0.751. The summed E-state index contributed by atoms with van der Waals surface area (Å²) >= 11 is 5.62. The Kier molecular flexibility index (Phi) is 3.52. The number of halogens is 1. The van der Waals surface area contributed by atoms with Crippen molar-refractivity contribution in [1.29, 1.82) is 0 Å². The molecule has 0 radical (unpaired) electrons. The highest BCUT2D eigenvalue weighted by atomic mass is 35.5. The summed E-state index contributed by atoms with van der Waals surface area (Å²) in [5.41, 5.74) is 1.01. The maximum Gasteiger partial charge on any atom is 0.339 e. The Morgan fingerprint density at radius 3 is 2.74 bits per heavy atom. The summed E-state index contributed by atoms with van der Waals surface area (Å²) in [4.78, 5) is 29.5. The molecule has 6 nitrogen and oxygen atoms in total. The molecule has 0 aliphatic rings. The van der Waals surface area contributed by atoms with Crippen LogP contribution < -0.4 is 5.32 Å². The molecular formula is C12H10ClN3O3. The molecule has 0 bridgehead atoms. The van der Waals surface area contributed by atoms with Crippen LogP contribution in [0, 0.1) is 6.92 Å². The van der Waals surface area contributed by atoms with Crippen molar-refractivity contribution in [2.45, 2.75) is 6.92 Å². The number of anilines is 1. The highest BCUT2D eigenvalue weighted by Gasteiger charge is 2.17. The van der Waals surface area contributed by atoms with E-state index < -0.39 is 11.9 Å². The van der Waals surface area contributed by atoms with E-state index >= 15 is 0 Å². The predicted octanol–water partition coefficient (Wildman–Crippen LogP) is 2.32. The smallest absolute Gasteiger partial charge is 0.339 e. The first kappa shape index (κ1) is 13.1. The Balaban J connectivity index is 2.24. The van der Waals surface area contributed by atoms with Crippen LogP contribution in [-0.2, 0) is 0 Å². The first-order chi connectivity index (χ1) is 8.99. The third-order valence-electron chi connectivity index (χ3n) is 2.53. The highest BCUT2D eigenvalue weighted by molar-refractivity contribution is 6.29. The number of nitrogens with zero attached hydrogens (tertiary/aromatic N) is 1. The normalized spacial score (nSPS) is 10.2. The molecule has 3 N–H and O–H groups in total. The van der Waals surface area contributed by atoms with Crippen LogP contribution in [0.15, 0.2) is 24.5 Å². The Hall–Kier alpha value is -2.34. The van der Waals surface area contributed by atoms with Crippen LogP contribution in [0.2, 0.25) is 5.15 Å². The van der Waals surface area contributed by atoms with Crippen LogP contribution in [0.4, 0.5) is 5.69 Å². The lowest BCUT2D eigenvalue weighted by molar-refractivity contribution is 0.0697. The van der Waals surface area contributed by atoms with Gasteiger partial charge in [0.15, 0.2) is 0 Å². The lowest BCUT2D eigenvalue weighted by atomic mass is 10.2. The molecule has 0 fully saturated rings. The number of aryl methyl sites for hydroxylation is 1. The van der Waals surface area contributed by atoms with Crippen molar-refractivity contribution < 1.29 is 14.7 Å². The van der Waals surface area contributed by atoms with E-state index in [1.807, 2.05) is 0 Å². The number of carbonyl (C=O) groups excluding carboxylic acids is 1. The minimum Gasteiger partial charge on any atom is -0.478 e. The van der Waals surface area contributed by atoms with E-state index in [1.165, 1.54) is 24.5 Å². The molecule has 2 aromatic heterocycles. The first-order valence-electron chi connectivity index (χ1n) is 5.33. The fourth-order valence-electron chi connectivity index (χ4n) is 1.61. The Morgan fingerprint density at radius 2 is 2.16 bits per heavy atom. The summed E-state index contributed by atoms with van der Waals surface area (Å²) in [6.07, 6.45) is 2.75. The number of pyridine rings is 1. The summed E-state index contributed by atoms with van der Waals surface area (Å²) in [7, 11) is 0. The third-order valence-corrected chi connectivity index (χ3v) is 2.75. The summed E-state index contributed by atoms with van der Waals surface area (Å²) in [6.45, 7) is 1.61. The maximum absolute atomic E-state index is 11.9. The zero-order valence-corrected chi connectivity index (χ0v) is 10.7. The number of hydrogen-bond acceptors (Lipinski definition) is 3. The van der Waals surface area contributed by atoms with Gasteiger partial charge in [0.05, 0.1) is 11.3 Å². The third kappa shape index (κ3) is 2.74. The molecule has 7 heteroatoms. The minimum absolute atomic E-state index is 0.0373. The summed E-state index contributed by atoms with van der Waals surface area (Å²) < 4.78 is 0. The highest BCUT2D eigenvalue weighted by Crippen LogP contribution is 2.20. The molecule has 98 valence electrons. The van der Waals surface area contributed by atoms with Crippen LogP contribution in [0.25, 0.3) is 0 Å². The van der Waals surface area contributed by atoms with E-state index in [2.05, 4.69) is 15.3 Å². The van der Waals surface area contributed by atoms with Crippen molar-refractivity contribution in [2.24, 2.45) is 0 Å². The molecule has 0 atom stereocenters. The topological polar surface area (TPSA) is 95.1 Å². The standard InChI is InChI=1S/C12H10ClN3O3/c1-6-10(12(18)19)8(5-14-6)16-11(17)7-2-3-9(13)15-4-7/h2-5,14H,1H3,(H,16,17)(H,18,19). The Morgan fingerprint density at radius 1 is 1.42 bits per heavy atom. The van der Waals surface area contributed by atoms with Gasteiger partial charge in [-0.3, -0.25) is 4.79 Å². The number of aromatic carboxylic acids is 1. The Bertz CT molecular complexity index is 634. The number of carboxylic acids is 1. The number of aromatic amines is 1. The number of carboxylic acid groups (broad SMARTS) is 1. The SMILES string of the molecule is Cc1[nH]cc(NC(=O)c2ccc(Cl)nc2)c1C(=O)O. The fraction of sp³-hybridized carbons (Fsp3) is 0.0833. The molecule has 0 saturated carbocycles. The predicted molar refractivity (Wildman–Crippen MR) is 69.7 cm³/mol. The van der Waals surface area contributed by atoms with Gasteiger partial charge in [-0.25, -0.2) is 9.78 Å². The number of amides is 1. The van der Waals surface area contributed by atoms with Crippen molar-refractivity contribution >= 4 is 29.2 Å². The first-order valence-corrected chi connectivity index (χ1v) is 5.71. The van der Waals surface area contributed by atoms with Crippen molar-refractivity contribution in [3.63, 3.8) is 0 Å². The number of carbonyl (C=O) groups is 2. The average molecular weight is 280 g/mol. The minimum atomic E-state index is -1.11. The van der Waals surface area contributed by atoms with Gasteiger partial charge in [-0.15, -0.1) is 0 Å². The van der Waals surface area contributed by atoms with Gasteiger partial charge in [0.25, 0.3) is 5.91 Å². The van der Waals surface area contributed by atoms with Gasteiger partial charge in [-0.1, -0.05) is 11.6 Å². The van der Waals surface area contributed by atoms with Gasteiger partial charge < -0.3 is 15.4 Å². The van der Waals surface area contributed by atoms with E-state index in [1.54, 1.807) is 6.92 Å². The molecule has 0 aromatic carbocycles. The molecule has 0 aliphatic heterocycles. The van der Waals surface area contributed by atoms with Crippen LogP contribution in [-0.4, -0.2) is 27.0 Å². The zero-order valence-electron chi connectivity index (χ0n) is 9.90. The van der Waals surface area contributed by atoms with Gasteiger partial charge in [-0.2, -0.15) is 0 Å². The van der Waals surface area contributed by atoms with Crippen molar-refractivity contribution in [1.82, 2.24) is 9.97 Å². The molecule has 2 heterocycles. The molecule has 0 spiro atoms. The monoisotopic (exact) mass is 279 g/mol. The number of hydrogen-bond donors (Lipinski definition) is 3. The van der Waals surface area contributed by atoms with Gasteiger partial charge in [0.1, 0.15) is 10.7 Å². The van der Waals surface area contributed by atoms with Gasteiger partial charge in [0, 0.05) is 18.1 Å². The number of rotatable bonds is 3. The van der Waals surface area contributed by atoms with Crippen LogP contribution in [0.3, 0.4) is 0 Å². The van der Waals surface area contributed by atoms with Crippen LogP contribution >= 0.6 is 11.6 Å². The molecule has 2 aromatic rings. The van der Waals surface area contributed by atoms with Crippen molar-refractivity contribution in [3.8, 4) is 0 Å². The molecule has 0 saturated heterocycles. The largest absolute Gasteiger partial charge is 0.478 e. The van der Waals surface area contributed by atoms with Gasteiger partial charge in [-0.05, 0) is 19.1 Å².